The predicted octanol–water partition coefficient (Wildman–Crippen LogP) is 1.97. The Hall–Kier alpha value is -2.80. The molecule has 1 aromatic heterocycles. The Bertz CT molecular complexity index is 904. The molecule has 0 bridgehead atoms. The maximum absolute atomic E-state index is 14.4. The largest absolute Gasteiger partial charge is 0.383 e. The highest BCUT2D eigenvalue weighted by atomic mass is 19.1. The van der Waals surface area contributed by atoms with Crippen LogP contribution in [0.25, 0.3) is 11.0 Å². The lowest BCUT2D eigenvalue weighted by molar-refractivity contribution is 0.402. The lowest BCUT2D eigenvalue weighted by Gasteiger charge is -2.21. The highest BCUT2D eigenvalue weighted by Crippen LogP contribution is 2.21. The number of benzene rings is 1. The number of nitrogens with one attached hydrogen (secondary N) is 2. The average molecular weight is 352 g/mol. The van der Waals surface area contributed by atoms with Crippen molar-refractivity contribution >= 4 is 17.2 Å². The first-order valence-electron chi connectivity index (χ1n) is 8.71. The Balaban J connectivity index is 1.54. The first kappa shape index (κ1) is 16.7. The van der Waals surface area contributed by atoms with Gasteiger partial charge in [-0.05, 0) is 37.7 Å². The summed E-state index contributed by atoms with van der Waals surface area (Å²) in [6.45, 7) is 2.12. The first-order chi connectivity index (χ1) is 12.7. The summed E-state index contributed by atoms with van der Waals surface area (Å²) < 4.78 is 14.4. The summed E-state index contributed by atoms with van der Waals surface area (Å²) in [6, 6.07) is 5.99. The van der Waals surface area contributed by atoms with Crippen LogP contribution in [0.2, 0.25) is 0 Å². The second kappa shape index (κ2) is 7.21. The number of aliphatic imine (C=N–C) groups is 1. The molecule has 134 valence electrons. The highest BCUT2D eigenvalue weighted by molar-refractivity contribution is 5.87. The van der Waals surface area contributed by atoms with E-state index >= 15 is 0 Å². The minimum Gasteiger partial charge on any atom is -0.383 e. The third-order valence-corrected chi connectivity index (χ3v) is 4.61. The molecule has 26 heavy (non-hydrogen) atoms. The number of dihydropyridines is 1. The zero-order valence-corrected chi connectivity index (χ0v) is 14.6. The molecular weight excluding hydrogens is 331 g/mol. The number of likely N-dealkylation sites (tertiary alicyclic amines) is 1. The quantitative estimate of drug-likeness (QED) is 0.824. The molecule has 0 spiro atoms. The van der Waals surface area contributed by atoms with Gasteiger partial charge in [-0.1, -0.05) is 6.07 Å². The van der Waals surface area contributed by atoms with E-state index in [4.69, 9.17) is 0 Å². The highest BCUT2D eigenvalue weighted by Gasteiger charge is 2.24. The van der Waals surface area contributed by atoms with Gasteiger partial charge >= 0.3 is 0 Å². The van der Waals surface area contributed by atoms with E-state index in [1.54, 1.807) is 24.8 Å². The van der Waals surface area contributed by atoms with E-state index in [0.29, 0.717) is 11.4 Å². The van der Waals surface area contributed by atoms with Gasteiger partial charge in [0.2, 0.25) is 0 Å². The normalized spacial score (nSPS) is 21.3. The molecule has 2 aliphatic heterocycles. The standard InChI is InChI=1S/C19H21FN6/c1-26-7-4-14(12-26)25-19-15(20)10-21-11-18(19)24-9-13-2-3-16-17(8-13)23-6-5-22-16/h2-3,5-6,8-9,11,14,21,25H,4,7,10,12H2,1H3. The van der Waals surface area contributed by atoms with Crippen LogP contribution >= 0.6 is 0 Å². The van der Waals surface area contributed by atoms with E-state index in [2.05, 4.69) is 37.5 Å². The van der Waals surface area contributed by atoms with Crippen LogP contribution in [0, 0.1) is 0 Å². The fraction of sp³-hybridized carbons (Fsp3) is 0.316. The summed E-state index contributed by atoms with van der Waals surface area (Å²) in [5, 5.41) is 6.27. The summed E-state index contributed by atoms with van der Waals surface area (Å²) in [4.78, 5) is 15.3. The van der Waals surface area contributed by atoms with Crippen molar-refractivity contribution in [3.63, 3.8) is 0 Å². The van der Waals surface area contributed by atoms with Crippen LogP contribution < -0.4 is 10.6 Å². The van der Waals surface area contributed by atoms with Crippen LogP contribution in [0.4, 0.5) is 4.39 Å². The lowest BCUT2D eigenvalue weighted by Crippen LogP contribution is -2.34. The van der Waals surface area contributed by atoms with Crippen LogP contribution in [-0.2, 0) is 0 Å². The van der Waals surface area contributed by atoms with Crippen LogP contribution in [0.5, 0.6) is 0 Å². The zero-order chi connectivity index (χ0) is 17.9. The van der Waals surface area contributed by atoms with Gasteiger partial charge in [0.1, 0.15) is 11.5 Å². The predicted molar refractivity (Wildman–Crippen MR) is 100 cm³/mol. The van der Waals surface area contributed by atoms with Gasteiger partial charge in [-0.15, -0.1) is 0 Å². The molecule has 2 aliphatic rings. The molecule has 2 aromatic rings. The Morgan fingerprint density at radius 3 is 2.96 bits per heavy atom. The van der Waals surface area contributed by atoms with Crippen molar-refractivity contribution in [1.82, 2.24) is 25.5 Å². The fourth-order valence-electron chi connectivity index (χ4n) is 3.25. The molecule has 7 heteroatoms. The van der Waals surface area contributed by atoms with Crippen molar-refractivity contribution in [2.45, 2.75) is 12.5 Å². The minimum absolute atomic E-state index is 0.190. The number of fused-ring (bicyclic) bond motifs is 1. The van der Waals surface area contributed by atoms with Crippen molar-refractivity contribution in [1.29, 1.82) is 0 Å². The van der Waals surface area contributed by atoms with Gasteiger partial charge < -0.3 is 15.5 Å². The van der Waals surface area contributed by atoms with Gasteiger partial charge in [0.15, 0.2) is 0 Å². The summed E-state index contributed by atoms with van der Waals surface area (Å²) >= 11 is 0. The third-order valence-electron chi connectivity index (χ3n) is 4.61. The van der Waals surface area contributed by atoms with Gasteiger partial charge in [0, 0.05) is 37.4 Å². The zero-order valence-electron chi connectivity index (χ0n) is 14.6. The molecule has 2 N–H and O–H groups in total. The second-order valence-corrected chi connectivity index (χ2v) is 6.65. The molecule has 1 aromatic carbocycles. The summed E-state index contributed by atoms with van der Waals surface area (Å²) in [6.07, 6.45) is 7.81. The molecule has 4 rings (SSSR count). The summed E-state index contributed by atoms with van der Waals surface area (Å²) in [5.41, 5.74) is 3.59. The molecular formula is C19H21FN6. The van der Waals surface area contributed by atoms with E-state index < -0.39 is 0 Å². The monoisotopic (exact) mass is 352 g/mol. The number of hydrogen-bond acceptors (Lipinski definition) is 6. The van der Waals surface area contributed by atoms with E-state index in [1.807, 2.05) is 18.2 Å². The fourth-order valence-corrected chi connectivity index (χ4v) is 3.25. The van der Waals surface area contributed by atoms with E-state index in [-0.39, 0.29) is 18.4 Å². The molecule has 0 aliphatic carbocycles. The van der Waals surface area contributed by atoms with Crippen LogP contribution in [0.15, 0.2) is 59.0 Å². The van der Waals surface area contributed by atoms with Crippen molar-refractivity contribution in [3.8, 4) is 0 Å². The Kier molecular flexibility index (Phi) is 4.62. The van der Waals surface area contributed by atoms with Crippen molar-refractivity contribution in [2.75, 3.05) is 26.7 Å². The maximum atomic E-state index is 14.4. The number of halogens is 1. The molecule has 6 nitrogen and oxygen atoms in total. The Labute approximate surface area is 151 Å². The van der Waals surface area contributed by atoms with Crippen molar-refractivity contribution in [2.24, 2.45) is 4.99 Å². The second-order valence-electron chi connectivity index (χ2n) is 6.65. The molecule has 3 heterocycles. The van der Waals surface area contributed by atoms with Gasteiger partial charge in [0.05, 0.1) is 23.3 Å². The van der Waals surface area contributed by atoms with E-state index in [9.17, 15) is 4.39 Å². The molecule has 1 unspecified atom stereocenters. The van der Waals surface area contributed by atoms with E-state index in [1.165, 1.54) is 0 Å². The van der Waals surface area contributed by atoms with Crippen LogP contribution in [0.3, 0.4) is 0 Å². The third kappa shape index (κ3) is 3.57. The van der Waals surface area contributed by atoms with E-state index in [0.717, 1.165) is 36.1 Å². The van der Waals surface area contributed by atoms with Gasteiger partial charge in [-0.25, -0.2) is 4.39 Å². The van der Waals surface area contributed by atoms with Gasteiger partial charge in [0.25, 0.3) is 0 Å². The molecule has 1 atom stereocenters. The minimum atomic E-state index is -0.210. The van der Waals surface area contributed by atoms with Crippen LogP contribution in [0.1, 0.15) is 12.0 Å². The smallest absolute Gasteiger partial charge is 0.144 e. The molecule has 0 amide bonds. The van der Waals surface area contributed by atoms with Crippen molar-refractivity contribution in [3.05, 3.63) is 59.6 Å². The topological polar surface area (TPSA) is 65.4 Å². The van der Waals surface area contributed by atoms with Gasteiger partial charge in [-0.2, -0.15) is 0 Å². The number of aromatic nitrogens is 2. The molecule has 0 radical (unpaired) electrons. The lowest BCUT2D eigenvalue weighted by atomic mass is 10.1. The maximum Gasteiger partial charge on any atom is 0.144 e. The Morgan fingerprint density at radius 2 is 2.15 bits per heavy atom. The summed E-state index contributed by atoms with van der Waals surface area (Å²) in [7, 11) is 2.08. The molecule has 1 saturated heterocycles. The molecule has 0 saturated carbocycles. The van der Waals surface area contributed by atoms with Crippen LogP contribution in [-0.4, -0.2) is 53.8 Å². The number of likely N-dealkylation sites (N-methyl/N-ethyl adjacent to an activating group) is 1. The Morgan fingerprint density at radius 1 is 1.31 bits per heavy atom. The number of nitrogens with zero attached hydrogens (tertiary/aromatic N) is 4. The number of rotatable bonds is 4. The summed E-state index contributed by atoms with van der Waals surface area (Å²) in [5.74, 6) is -0.210. The van der Waals surface area contributed by atoms with Crippen molar-refractivity contribution < 1.29 is 4.39 Å². The van der Waals surface area contributed by atoms with Gasteiger partial charge in [-0.3, -0.25) is 15.0 Å². The molecule has 1 fully saturated rings. The number of hydrogen-bond donors (Lipinski definition) is 2. The first-order valence-corrected chi connectivity index (χ1v) is 8.71. The SMILES string of the molecule is CN1CCC(NC2=C(F)CNC=C2N=Cc2ccc3nccnc3c2)C1. The average Bonchev–Trinajstić information content (AvgIpc) is 3.07.